The first-order valence-corrected chi connectivity index (χ1v) is 6.09. The largest absolute Gasteiger partial charge is 0.393 e. The minimum absolute atomic E-state index is 0.0857. The van der Waals surface area contributed by atoms with Crippen LogP contribution in [0.3, 0.4) is 0 Å². The lowest BCUT2D eigenvalue weighted by atomic mass is 9.97. The molecular weight excluding hydrogens is 190 g/mol. The van der Waals surface area contributed by atoms with Crippen molar-refractivity contribution in [3.05, 3.63) is 0 Å². The van der Waals surface area contributed by atoms with Crippen molar-refractivity contribution in [1.82, 2.24) is 4.90 Å². The Morgan fingerprint density at radius 1 is 1.27 bits per heavy atom. The lowest BCUT2D eigenvalue weighted by molar-refractivity contribution is 0.0717. The Balaban J connectivity index is 2.27. The average Bonchev–Trinajstić information content (AvgIpc) is 2.42. The van der Waals surface area contributed by atoms with E-state index in [1.807, 2.05) is 0 Å². The zero-order chi connectivity index (χ0) is 11.1. The molecule has 0 saturated heterocycles. The van der Waals surface area contributed by atoms with E-state index in [-0.39, 0.29) is 6.10 Å². The molecule has 0 aliphatic heterocycles. The van der Waals surface area contributed by atoms with Gasteiger partial charge < -0.3 is 14.7 Å². The van der Waals surface area contributed by atoms with E-state index in [2.05, 4.69) is 11.9 Å². The highest BCUT2D eigenvalue weighted by Gasteiger charge is 2.22. The van der Waals surface area contributed by atoms with Gasteiger partial charge in [-0.2, -0.15) is 0 Å². The molecule has 2 unspecified atom stereocenters. The third kappa shape index (κ3) is 4.96. The molecule has 0 bridgehead atoms. The predicted molar refractivity (Wildman–Crippen MR) is 62.0 cm³/mol. The number of rotatable bonds is 5. The van der Waals surface area contributed by atoms with Crippen molar-refractivity contribution in [3.8, 4) is 0 Å². The van der Waals surface area contributed by atoms with Gasteiger partial charge in [0.15, 0.2) is 0 Å². The lowest BCUT2D eigenvalue weighted by Crippen LogP contribution is -2.34. The van der Waals surface area contributed by atoms with Crippen LogP contribution in [-0.4, -0.2) is 50.0 Å². The third-order valence-corrected chi connectivity index (χ3v) is 3.34. The molecular formula is C12H25NO2. The fourth-order valence-corrected chi connectivity index (χ4v) is 2.32. The van der Waals surface area contributed by atoms with E-state index >= 15 is 0 Å². The topological polar surface area (TPSA) is 32.7 Å². The van der Waals surface area contributed by atoms with Crippen LogP contribution in [0.25, 0.3) is 0 Å². The van der Waals surface area contributed by atoms with Crippen molar-refractivity contribution in [2.45, 2.75) is 38.2 Å². The Hall–Kier alpha value is -0.120. The van der Waals surface area contributed by atoms with Crippen molar-refractivity contribution in [1.29, 1.82) is 0 Å². The highest BCUT2D eigenvalue weighted by atomic mass is 16.5. The Morgan fingerprint density at radius 2 is 2.00 bits per heavy atom. The molecule has 3 nitrogen and oxygen atoms in total. The van der Waals surface area contributed by atoms with Gasteiger partial charge in [0.2, 0.25) is 0 Å². The molecule has 0 aromatic rings. The molecule has 0 spiro atoms. The van der Waals surface area contributed by atoms with Crippen LogP contribution >= 0.6 is 0 Å². The summed E-state index contributed by atoms with van der Waals surface area (Å²) in [5.41, 5.74) is 0. The predicted octanol–water partition coefficient (Wildman–Crippen LogP) is 1.51. The maximum Gasteiger partial charge on any atom is 0.0589 e. The van der Waals surface area contributed by atoms with Gasteiger partial charge in [0.25, 0.3) is 0 Å². The number of hydrogen-bond acceptors (Lipinski definition) is 3. The molecule has 1 N–H and O–H groups in total. The summed E-state index contributed by atoms with van der Waals surface area (Å²) in [4.78, 5) is 2.27. The number of methoxy groups -OCH3 is 1. The summed E-state index contributed by atoms with van der Waals surface area (Å²) in [6.07, 6.45) is 5.84. The number of ether oxygens (including phenoxy) is 1. The summed E-state index contributed by atoms with van der Waals surface area (Å²) < 4.78 is 5.05. The molecule has 0 heterocycles. The number of likely N-dealkylation sites (N-methyl/N-ethyl adjacent to an activating group) is 1. The third-order valence-electron chi connectivity index (χ3n) is 3.34. The van der Waals surface area contributed by atoms with E-state index in [0.717, 1.165) is 26.1 Å². The van der Waals surface area contributed by atoms with Gasteiger partial charge in [0.1, 0.15) is 0 Å². The van der Waals surface area contributed by atoms with Crippen molar-refractivity contribution in [2.24, 2.45) is 5.92 Å². The van der Waals surface area contributed by atoms with Crippen molar-refractivity contribution < 1.29 is 9.84 Å². The Labute approximate surface area is 93.4 Å². The van der Waals surface area contributed by atoms with Crippen molar-refractivity contribution in [3.63, 3.8) is 0 Å². The molecule has 1 saturated carbocycles. The average molecular weight is 215 g/mol. The van der Waals surface area contributed by atoms with Gasteiger partial charge in [0.05, 0.1) is 12.7 Å². The maximum absolute atomic E-state index is 9.97. The number of nitrogens with zero attached hydrogens (tertiary/aromatic N) is 1. The molecule has 0 radical (unpaired) electrons. The summed E-state index contributed by atoms with van der Waals surface area (Å²) in [6.45, 7) is 2.74. The van der Waals surface area contributed by atoms with Crippen LogP contribution in [0.4, 0.5) is 0 Å². The normalized spacial score (nSPS) is 28.0. The van der Waals surface area contributed by atoms with E-state index < -0.39 is 0 Å². The number of aliphatic hydroxyl groups is 1. The fourth-order valence-electron chi connectivity index (χ4n) is 2.32. The van der Waals surface area contributed by atoms with Crippen LogP contribution in [0.2, 0.25) is 0 Å². The quantitative estimate of drug-likeness (QED) is 0.706. The molecule has 0 aromatic carbocycles. The van der Waals surface area contributed by atoms with Gasteiger partial charge in [-0.15, -0.1) is 0 Å². The SMILES string of the molecule is COCCN(C)CC1CCCCCC1O. The van der Waals surface area contributed by atoms with Crippen molar-refractivity contribution >= 4 is 0 Å². The van der Waals surface area contributed by atoms with Gasteiger partial charge in [-0.1, -0.05) is 19.3 Å². The van der Waals surface area contributed by atoms with Crippen LogP contribution in [0.1, 0.15) is 32.1 Å². The van der Waals surface area contributed by atoms with Gasteiger partial charge in [0, 0.05) is 20.2 Å². The van der Waals surface area contributed by atoms with Crippen LogP contribution in [0.5, 0.6) is 0 Å². The molecule has 2 atom stereocenters. The minimum Gasteiger partial charge on any atom is -0.393 e. The first-order chi connectivity index (χ1) is 7.24. The molecule has 1 rings (SSSR count). The molecule has 1 fully saturated rings. The zero-order valence-corrected chi connectivity index (χ0v) is 10.1. The number of aliphatic hydroxyl groups excluding tert-OH is 1. The van der Waals surface area contributed by atoms with Crippen LogP contribution in [0.15, 0.2) is 0 Å². The Kier molecular flexibility index (Phi) is 6.22. The molecule has 0 amide bonds. The maximum atomic E-state index is 9.97. The minimum atomic E-state index is -0.0857. The van der Waals surface area contributed by atoms with Crippen LogP contribution in [0, 0.1) is 5.92 Å². The molecule has 90 valence electrons. The van der Waals surface area contributed by atoms with E-state index in [4.69, 9.17) is 4.74 Å². The van der Waals surface area contributed by atoms with E-state index in [1.165, 1.54) is 25.7 Å². The molecule has 1 aliphatic carbocycles. The van der Waals surface area contributed by atoms with Crippen LogP contribution in [-0.2, 0) is 4.74 Å². The van der Waals surface area contributed by atoms with Crippen molar-refractivity contribution in [2.75, 3.05) is 33.9 Å². The molecule has 1 aliphatic rings. The molecule has 3 heteroatoms. The first-order valence-electron chi connectivity index (χ1n) is 6.09. The Morgan fingerprint density at radius 3 is 2.73 bits per heavy atom. The highest BCUT2D eigenvalue weighted by Crippen LogP contribution is 2.23. The molecule has 15 heavy (non-hydrogen) atoms. The summed E-state index contributed by atoms with van der Waals surface area (Å²) in [5, 5.41) is 9.97. The van der Waals surface area contributed by atoms with Gasteiger partial charge in [-0.3, -0.25) is 0 Å². The van der Waals surface area contributed by atoms with Crippen LogP contribution < -0.4 is 0 Å². The van der Waals surface area contributed by atoms with E-state index in [1.54, 1.807) is 7.11 Å². The smallest absolute Gasteiger partial charge is 0.0589 e. The lowest BCUT2D eigenvalue weighted by Gasteiger charge is -2.26. The van der Waals surface area contributed by atoms with Gasteiger partial charge in [-0.25, -0.2) is 0 Å². The Bertz CT molecular complexity index is 164. The second-order valence-corrected chi connectivity index (χ2v) is 4.72. The van der Waals surface area contributed by atoms with E-state index in [9.17, 15) is 5.11 Å². The second-order valence-electron chi connectivity index (χ2n) is 4.72. The summed E-state index contributed by atoms with van der Waals surface area (Å²) in [5.74, 6) is 0.467. The summed E-state index contributed by atoms with van der Waals surface area (Å²) in [7, 11) is 3.84. The monoisotopic (exact) mass is 215 g/mol. The second kappa shape index (κ2) is 7.20. The van der Waals surface area contributed by atoms with Gasteiger partial charge >= 0.3 is 0 Å². The first kappa shape index (κ1) is 12.9. The number of hydrogen-bond donors (Lipinski definition) is 1. The van der Waals surface area contributed by atoms with E-state index in [0.29, 0.717) is 5.92 Å². The standard InChI is InChI=1S/C12H25NO2/c1-13(8-9-15-2)10-11-6-4-3-5-7-12(11)14/h11-12,14H,3-10H2,1-2H3. The zero-order valence-electron chi connectivity index (χ0n) is 10.1. The fraction of sp³-hybridized carbons (Fsp3) is 1.00. The molecule has 0 aromatic heterocycles. The highest BCUT2D eigenvalue weighted by molar-refractivity contribution is 4.75. The van der Waals surface area contributed by atoms with Gasteiger partial charge in [-0.05, 0) is 25.8 Å². The summed E-state index contributed by atoms with van der Waals surface area (Å²) >= 11 is 0. The summed E-state index contributed by atoms with van der Waals surface area (Å²) in [6, 6.07) is 0.